The highest BCUT2D eigenvalue weighted by Crippen LogP contribution is 2.33. The Kier molecular flexibility index (Phi) is 9.04. The van der Waals surface area contributed by atoms with E-state index in [1.165, 1.54) is 24.8 Å². The minimum absolute atomic E-state index is 0.274. The number of thioether (sulfide) groups is 1. The van der Waals surface area contributed by atoms with Crippen LogP contribution >= 0.6 is 23.4 Å². The van der Waals surface area contributed by atoms with Crippen molar-refractivity contribution in [2.24, 2.45) is 0 Å². The van der Waals surface area contributed by atoms with Gasteiger partial charge < -0.3 is 0 Å². The van der Waals surface area contributed by atoms with Gasteiger partial charge >= 0.3 is 0 Å². The predicted octanol–water partition coefficient (Wildman–Crippen LogP) is 6.06. The van der Waals surface area contributed by atoms with Gasteiger partial charge in [0.1, 0.15) is 5.78 Å². The van der Waals surface area contributed by atoms with Gasteiger partial charge in [0.25, 0.3) is 0 Å². The van der Waals surface area contributed by atoms with Crippen molar-refractivity contribution in [3.8, 4) is 0 Å². The van der Waals surface area contributed by atoms with E-state index in [2.05, 4.69) is 13.8 Å². The average Bonchev–Trinajstić information content (AvgIpc) is 2.44. The van der Waals surface area contributed by atoms with Crippen LogP contribution < -0.4 is 0 Å². The number of ketones is 1. The maximum atomic E-state index is 12.1. The summed E-state index contributed by atoms with van der Waals surface area (Å²) in [5.74, 6) is 1.41. The van der Waals surface area contributed by atoms with Crippen LogP contribution in [0.3, 0.4) is 0 Å². The number of carbonyl (C=O) groups is 1. The monoisotopic (exact) mass is 312 g/mol. The Morgan fingerprint density at radius 2 is 1.85 bits per heavy atom. The Hall–Kier alpha value is -0.470. The fraction of sp³-hybridized carbons (Fsp3) is 0.588. The lowest BCUT2D eigenvalue weighted by atomic mass is 10.0. The van der Waals surface area contributed by atoms with Crippen molar-refractivity contribution in [1.82, 2.24) is 0 Å². The molecule has 0 aliphatic heterocycles. The summed E-state index contributed by atoms with van der Waals surface area (Å²) in [6.45, 7) is 4.33. The number of carbonyl (C=O) groups excluding carboxylic acids is 1. The Morgan fingerprint density at radius 1 is 1.15 bits per heavy atom. The highest BCUT2D eigenvalue weighted by molar-refractivity contribution is 7.99. The highest BCUT2D eigenvalue weighted by Gasteiger charge is 2.15. The van der Waals surface area contributed by atoms with Gasteiger partial charge in [-0.05, 0) is 29.9 Å². The molecule has 0 bridgehead atoms. The molecule has 112 valence electrons. The Bertz CT molecular complexity index is 388. The molecule has 0 N–H and O–H groups in total. The smallest absolute Gasteiger partial charge is 0.134 e. The summed E-state index contributed by atoms with van der Waals surface area (Å²) < 4.78 is 0. The van der Waals surface area contributed by atoms with E-state index in [4.69, 9.17) is 11.6 Å². The van der Waals surface area contributed by atoms with E-state index in [1.54, 1.807) is 0 Å². The number of rotatable bonds is 10. The zero-order valence-electron chi connectivity index (χ0n) is 12.5. The summed E-state index contributed by atoms with van der Waals surface area (Å²) in [6, 6.07) is 7.90. The zero-order valence-corrected chi connectivity index (χ0v) is 14.1. The topological polar surface area (TPSA) is 17.1 Å². The van der Waals surface area contributed by atoms with Crippen molar-refractivity contribution >= 4 is 29.1 Å². The first-order valence-corrected chi connectivity index (χ1v) is 8.98. The molecule has 1 aromatic rings. The van der Waals surface area contributed by atoms with Gasteiger partial charge in [-0.3, -0.25) is 4.79 Å². The lowest BCUT2D eigenvalue weighted by Gasteiger charge is -2.15. The molecule has 0 saturated heterocycles. The predicted molar refractivity (Wildman–Crippen MR) is 90.7 cm³/mol. The van der Waals surface area contributed by atoms with Crippen molar-refractivity contribution in [2.75, 3.05) is 5.75 Å². The van der Waals surface area contributed by atoms with E-state index < -0.39 is 0 Å². The van der Waals surface area contributed by atoms with Crippen LogP contribution in [0.4, 0.5) is 0 Å². The molecule has 1 nitrogen and oxygen atoms in total. The molecule has 0 heterocycles. The van der Waals surface area contributed by atoms with Gasteiger partial charge in [0.15, 0.2) is 0 Å². The molecule has 1 unspecified atom stereocenters. The molecule has 0 fully saturated rings. The number of hydrogen-bond donors (Lipinski definition) is 0. The summed E-state index contributed by atoms with van der Waals surface area (Å²) in [5, 5.41) is 1.02. The SMILES string of the molecule is CCCCCCC(=O)CC(SCC)c1ccc(Cl)cc1. The van der Waals surface area contributed by atoms with Gasteiger partial charge in [0.2, 0.25) is 0 Å². The van der Waals surface area contributed by atoms with E-state index >= 15 is 0 Å². The quantitative estimate of drug-likeness (QED) is 0.488. The second-order valence-corrected chi connectivity index (χ2v) is 6.97. The van der Waals surface area contributed by atoms with Crippen molar-refractivity contribution < 1.29 is 4.79 Å². The molecule has 0 amide bonds. The fourth-order valence-electron chi connectivity index (χ4n) is 2.21. The maximum Gasteiger partial charge on any atom is 0.134 e. The molecule has 20 heavy (non-hydrogen) atoms. The molecule has 0 spiro atoms. The van der Waals surface area contributed by atoms with E-state index in [1.807, 2.05) is 36.0 Å². The van der Waals surface area contributed by atoms with Crippen LogP contribution in [-0.4, -0.2) is 11.5 Å². The van der Waals surface area contributed by atoms with Crippen LogP contribution in [0, 0.1) is 0 Å². The Morgan fingerprint density at radius 3 is 2.45 bits per heavy atom. The lowest BCUT2D eigenvalue weighted by molar-refractivity contribution is -0.119. The van der Waals surface area contributed by atoms with Gasteiger partial charge in [0, 0.05) is 23.1 Å². The second-order valence-electron chi connectivity index (χ2n) is 5.05. The molecule has 0 saturated carbocycles. The molecule has 0 aromatic heterocycles. The molecule has 0 aliphatic rings. The third kappa shape index (κ3) is 6.81. The number of benzene rings is 1. The van der Waals surface area contributed by atoms with E-state index in [-0.39, 0.29) is 5.25 Å². The normalized spacial score (nSPS) is 12.3. The van der Waals surface area contributed by atoms with E-state index in [0.717, 1.165) is 23.6 Å². The van der Waals surface area contributed by atoms with Gasteiger partial charge in [-0.1, -0.05) is 56.8 Å². The van der Waals surface area contributed by atoms with Gasteiger partial charge in [0.05, 0.1) is 0 Å². The summed E-state index contributed by atoms with van der Waals surface area (Å²) in [6.07, 6.45) is 6.04. The molecule has 1 aromatic carbocycles. The van der Waals surface area contributed by atoms with Gasteiger partial charge in [-0.2, -0.15) is 11.8 Å². The first-order chi connectivity index (χ1) is 9.67. The molecular formula is C17H25ClOS. The van der Waals surface area contributed by atoms with Crippen molar-refractivity contribution in [1.29, 1.82) is 0 Å². The van der Waals surface area contributed by atoms with E-state index in [9.17, 15) is 4.79 Å². The average molecular weight is 313 g/mol. The minimum atomic E-state index is 0.274. The standard InChI is InChI=1S/C17H25ClOS/c1-3-5-6-7-8-16(19)13-17(20-4-2)14-9-11-15(18)12-10-14/h9-12,17H,3-8,13H2,1-2H3. The van der Waals surface area contributed by atoms with Crippen LogP contribution in [0.25, 0.3) is 0 Å². The zero-order chi connectivity index (χ0) is 14.8. The number of halogens is 1. The third-order valence-corrected chi connectivity index (χ3v) is 4.76. The molecule has 0 radical (unpaired) electrons. The number of Topliss-reactive ketones (excluding diaryl/α,β-unsaturated/α-hetero) is 1. The van der Waals surface area contributed by atoms with E-state index in [0.29, 0.717) is 12.2 Å². The largest absolute Gasteiger partial charge is 0.300 e. The van der Waals surface area contributed by atoms with Crippen molar-refractivity contribution in [2.45, 2.75) is 57.6 Å². The summed E-state index contributed by atoms with van der Waals surface area (Å²) >= 11 is 7.77. The van der Waals surface area contributed by atoms with Crippen molar-refractivity contribution in [3.05, 3.63) is 34.9 Å². The fourth-order valence-corrected chi connectivity index (χ4v) is 3.39. The molecule has 3 heteroatoms. The number of unbranched alkanes of at least 4 members (excludes halogenated alkanes) is 3. The maximum absolute atomic E-state index is 12.1. The second kappa shape index (κ2) is 10.3. The van der Waals surface area contributed by atoms with Crippen LogP contribution in [0.15, 0.2) is 24.3 Å². The van der Waals surface area contributed by atoms with Gasteiger partial charge in [-0.15, -0.1) is 0 Å². The first-order valence-electron chi connectivity index (χ1n) is 7.56. The Labute approximate surface area is 132 Å². The third-order valence-electron chi connectivity index (χ3n) is 3.33. The van der Waals surface area contributed by atoms with Crippen LogP contribution in [0.5, 0.6) is 0 Å². The van der Waals surface area contributed by atoms with Crippen LogP contribution in [0.1, 0.15) is 63.2 Å². The molecule has 1 atom stereocenters. The van der Waals surface area contributed by atoms with Crippen LogP contribution in [-0.2, 0) is 4.79 Å². The summed E-state index contributed by atoms with van der Waals surface area (Å²) in [7, 11) is 0. The van der Waals surface area contributed by atoms with Crippen molar-refractivity contribution in [3.63, 3.8) is 0 Å². The minimum Gasteiger partial charge on any atom is -0.300 e. The lowest BCUT2D eigenvalue weighted by Crippen LogP contribution is -2.05. The van der Waals surface area contributed by atoms with Gasteiger partial charge in [-0.25, -0.2) is 0 Å². The molecule has 1 rings (SSSR count). The Balaban J connectivity index is 2.49. The molecule has 0 aliphatic carbocycles. The molecular weight excluding hydrogens is 288 g/mol. The van der Waals surface area contributed by atoms with Crippen LogP contribution in [0.2, 0.25) is 5.02 Å². The summed E-state index contributed by atoms with van der Waals surface area (Å²) in [5.41, 5.74) is 1.21. The number of hydrogen-bond acceptors (Lipinski definition) is 2. The first kappa shape index (κ1) is 17.6. The highest BCUT2D eigenvalue weighted by atomic mass is 35.5. The summed E-state index contributed by atoms with van der Waals surface area (Å²) in [4.78, 5) is 12.1.